The number of allylic oxidation sites excluding steroid dienone is 2. The van der Waals surface area contributed by atoms with E-state index in [2.05, 4.69) is 20.5 Å². The van der Waals surface area contributed by atoms with Crippen molar-refractivity contribution in [3.05, 3.63) is 113 Å². The number of hydrogen-bond donors (Lipinski definition) is 3. The number of nitrogens with one attached hydrogen (secondary N) is 2. The number of benzene rings is 3. The number of aromatic hydroxyl groups is 1. The van der Waals surface area contributed by atoms with Gasteiger partial charge >= 0.3 is 5.91 Å². The number of aromatic nitrogens is 1. The number of azo groups is 1. The number of amides is 2. The van der Waals surface area contributed by atoms with Crippen molar-refractivity contribution >= 4 is 34.5 Å². The van der Waals surface area contributed by atoms with Gasteiger partial charge in [0.05, 0.1) is 5.52 Å². The number of rotatable bonds is 6. The molecule has 2 amide bonds. The molecule has 3 aromatic carbocycles. The summed E-state index contributed by atoms with van der Waals surface area (Å²) in [7, 11) is 0. The van der Waals surface area contributed by atoms with E-state index in [4.69, 9.17) is 0 Å². The molecular formula is C28H24N4O3. The molecule has 1 aromatic heterocycles. The largest absolute Gasteiger partial charge is 0.493 e. The van der Waals surface area contributed by atoms with Gasteiger partial charge in [0.15, 0.2) is 5.69 Å². The van der Waals surface area contributed by atoms with Gasteiger partial charge in [-0.1, -0.05) is 66.2 Å². The maximum atomic E-state index is 13.0. The monoisotopic (exact) mass is 464 g/mol. The van der Waals surface area contributed by atoms with Gasteiger partial charge in [-0.3, -0.25) is 9.59 Å². The number of carbonyl (C=O) groups excluding carboxylic acids is 2. The molecule has 35 heavy (non-hydrogen) atoms. The van der Waals surface area contributed by atoms with Crippen LogP contribution in [-0.2, 0) is 4.79 Å². The average Bonchev–Trinajstić information content (AvgIpc) is 3.17. The zero-order valence-electron chi connectivity index (χ0n) is 19.3. The highest BCUT2D eigenvalue weighted by Crippen LogP contribution is 2.36. The Labute approximate surface area is 202 Å². The summed E-state index contributed by atoms with van der Waals surface area (Å²) in [6, 6.07) is 23.7. The van der Waals surface area contributed by atoms with E-state index in [0.29, 0.717) is 16.5 Å². The van der Waals surface area contributed by atoms with Crippen LogP contribution in [0.5, 0.6) is 5.88 Å². The number of fused-ring (bicyclic) bond motifs is 1. The summed E-state index contributed by atoms with van der Waals surface area (Å²) in [5.74, 6) is -1.39. The minimum atomic E-state index is -0.753. The lowest BCUT2D eigenvalue weighted by molar-refractivity contribution is -0.115. The SMILES string of the molecule is CC(=C\c1ccccc1)/C=C(/NC(=O)c1ccccc1)C(=O)N=Nc1c(O)[nH]c2ccc(C)cc12. The lowest BCUT2D eigenvalue weighted by atomic mass is 10.1. The van der Waals surface area contributed by atoms with Crippen LogP contribution in [0, 0.1) is 6.92 Å². The molecule has 0 aliphatic heterocycles. The van der Waals surface area contributed by atoms with Gasteiger partial charge in [0.1, 0.15) is 5.70 Å². The first-order valence-corrected chi connectivity index (χ1v) is 11.0. The Morgan fingerprint density at radius 1 is 0.971 bits per heavy atom. The summed E-state index contributed by atoms with van der Waals surface area (Å²) < 4.78 is 0. The van der Waals surface area contributed by atoms with Gasteiger partial charge in [0.2, 0.25) is 5.88 Å². The van der Waals surface area contributed by atoms with Crippen LogP contribution >= 0.6 is 0 Å². The molecule has 3 N–H and O–H groups in total. The van der Waals surface area contributed by atoms with Crippen LogP contribution in [-0.4, -0.2) is 21.9 Å². The molecule has 0 unspecified atom stereocenters. The molecule has 0 atom stereocenters. The molecule has 4 rings (SSSR count). The first kappa shape index (κ1) is 23.4. The highest BCUT2D eigenvalue weighted by Gasteiger charge is 2.16. The second-order valence-corrected chi connectivity index (χ2v) is 8.05. The third-order valence-electron chi connectivity index (χ3n) is 5.23. The van der Waals surface area contributed by atoms with Crippen molar-refractivity contribution in [1.29, 1.82) is 0 Å². The molecule has 0 bridgehead atoms. The van der Waals surface area contributed by atoms with E-state index in [0.717, 1.165) is 16.7 Å². The second kappa shape index (κ2) is 10.4. The van der Waals surface area contributed by atoms with Crippen LogP contribution in [0.3, 0.4) is 0 Å². The Morgan fingerprint density at radius 2 is 1.66 bits per heavy atom. The highest BCUT2D eigenvalue weighted by molar-refractivity contribution is 6.03. The van der Waals surface area contributed by atoms with Crippen molar-refractivity contribution in [3.63, 3.8) is 0 Å². The molecule has 7 nitrogen and oxygen atoms in total. The quantitative estimate of drug-likeness (QED) is 0.179. The van der Waals surface area contributed by atoms with Crippen molar-refractivity contribution in [2.75, 3.05) is 0 Å². The standard InChI is InChI=1S/C28H24N4O3/c1-18-13-14-23-22(16-18)25(28(35)29-23)31-32-27(34)24(30-26(33)21-11-7-4-8-12-21)17-19(2)15-20-9-5-3-6-10-20/h3-17,29,35H,1-2H3,(H,30,33)/b19-15+,24-17+,32-31?. The summed E-state index contributed by atoms with van der Waals surface area (Å²) in [4.78, 5) is 28.6. The van der Waals surface area contributed by atoms with Gasteiger partial charge in [-0.2, -0.15) is 0 Å². The lowest BCUT2D eigenvalue weighted by Gasteiger charge is -2.07. The van der Waals surface area contributed by atoms with Gasteiger partial charge in [-0.15, -0.1) is 10.2 Å². The van der Waals surface area contributed by atoms with Gasteiger partial charge in [0.25, 0.3) is 5.91 Å². The number of aryl methyl sites for hydroxylation is 1. The first-order valence-electron chi connectivity index (χ1n) is 11.0. The van der Waals surface area contributed by atoms with Crippen LogP contribution in [0.1, 0.15) is 28.4 Å². The molecule has 0 saturated carbocycles. The Bertz CT molecular complexity index is 1470. The Morgan fingerprint density at radius 3 is 2.37 bits per heavy atom. The van der Waals surface area contributed by atoms with E-state index in [1.165, 1.54) is 0 Å². The summed E-state index contributed by atoms with van der Waals surface area (Å²) in [6.07, 6.45) is 3.43. The Hall–Kier alpha value is -4.78. The fourth-order valence-electron chi connectivity index (χ4n) is 3.54. The fourth-order valence-corrected chi connectivity index (χ4v) is 3.54. The maximum absolute atomic E-state index is 13.0. The number of H-pyrrole nitrogens is 1. The van der Waals surface area contributed by atoms with Crippen molar-refractivity contribution in [1.82, 2.24) is 10.3 Å². The third-order valence-corrected chi connectivity index (χ3v) is 5.23. The molecule has 4 aromatic rings. The van der Waals surface area contributed by atoms with Crippen LogP contribution in [0.25, 0.3) is 17.0 Å². The summed E-state index contributed by atoms with van der Waals surface area (Å²) in [6.45, 7) is 3.73. The van der Waals surface area contributed by atoms with Crippen molar-refractivity contribution in [2.24, 2.45) is 10.2 Å². The molecule has 0 aliphatic carbocycles. The van der Waals surface area contributed by atoms with Crippen LogP contribution in [0.15, 0.2) is 106 Å². The predicted octanol–water partition coefficient (Wildman–Crippen LogP) is 6.21. The van der Waals surface area contributed by atoms with E-state index in [9.17, 15) is 14.7 Å². The molecule has 0 aliphatic rings. The van der Waals surface area contributed by atoms with E-state index >= 15 is 0 Å². The van der Waals surface area contributed by atoms with Gasteiger partial charge in [-0.05, 0) is 55.3 Å². The van der Waals surface area contributed by atoms with Gasteiger partial charge in [-0.25, -0.2) is 0 Å². The maximum Gasteiger partial charge on any atom is 0.311 e. The fraction of sp³-hybridized carbons (Fsp3) is 0.0714. The average molecular weight is 465 g/mol. The number of aromatic amines is 1. The highest BCUT2D eigenvalue weighted by atomic mass is 16.3. The van der Waals surface area contributed by atoms with Crippen molar-refractivity contribution in [3.8, 4) is 5.88 Å². The molecule has 0 spiro atoms. The number of nitrogens with zero attached hydrogens (tertiary/aromatic N) is 2. The van der Waals surface area contributed by atoms with Crippen LogP contribution in [0.4, 0.5) is 5.69 Å². The smallest absolute Gasteiger partial charge is 0.311 e. The predicted molar refractivity (Wildman–Crippen MR) is 136 cm³/mol. The Balaban J connectivity index is 1.66. The number of carbonyl (C=O) groups is 2. The van der Waals surface area contributed by atoms with E-state index in [1.807, 2.05) is 68.5 Å². The normalized spacial score (nSPS) is 12.3. The molecule has 7 heteroatoms. The summed E-state index contributed by atoms with van der Waals surface area (Å²) in [5, 5.41) is 21.4. The number of hydrogen-bond acceptors (Lipinski definition) is 4. The topological polar surface area (TPSA) is 107 Å². The zero-order valence-corrected chi connectivity index (χ0v) is 19.3. The molecule has 0 radical (unpaired) electrons. The second-order valence-electron chi connectivity index (χ2n) is 8.05. The summed E-state index contributed by atoms with van der Waals surface area (Å²) in [5.41, 5.74) is 3.83. The van der Waals surface area contributed by atoms with E-state index < -0.39 is 11.8 Å². The van der Waals surface area contributed by atoms with Crippen LogP contribution in [0.2, 0.25) is 0 Å². The van der Waals surface area contributed by atoms with Gasteiger partial charge < -0.3 is 15.4 Å². The lowest BCUT2D eigenvalue weighted by Crippen LogP contribution is -2.26. The third kappa shape index (κ3) is 5.78. The minimum Gasteiger partial charge on any atom is -0.493 e. The minimum absolute atomic E-state index is 0.0391. The first-order chi connectivity index (χ1) is 16.9. The van der Waals surface area contributed by atoms with Crippen LogP contribution < -0.4 is 5.32 Å². The van der Waals surface area contributed by atoms with E-state index in [1.54, 1.807) is 36.4 Å². The molecular weight excluding hydrogens is 440 g/mol. The van der Waals surface area contributed by atoms with E-state index in [-0.39, 0.29) is 17.3 Å². The zero-order chi connectivity index (χ0) is 24.8. The molecule has 1 heterocycles. The molecule has 0 fully saturated rings. The molecule has 174 valence electrons. The van der Waals surface area contributed by atoms with Crippen molar-refractivity contribution < 1.29 is 14.7 Å². The van der Waals surface area contributed by atoms with Gasteiger partial charge in [0, 0.05) is 10.9 Å². The molecule has 0 saturated heterocycles. The summed E-state index contributed by atoms with van der Waals surface area (Å²) >= 11 is 0. The Kier molecular flexibility index (Phi) is 6.97. The van der Waals surface area contributed by atoms with Crippen molar-refractivity contribution in [2.45, 2.75) is 13.8 Å².